The van der Waals surface area contributed by atoms with Crippen LogP contribution in [0, 0.1) is 0 Å². The van der Waals surface area contributed by atoms with Crippen LogP contribution in [-0.2, 0) is 59.2 Å². The van der Waals surface area contributed by atoms with Gasteiger partial charge in [0.1, 0.15) is 34.7 Å². The molecule has 0 amide bonds. The van der Waals surface area contributed by atoms with Crippen molar-refractivity contribution >= 4 is 70.2 Å². The molecule has 4 aromatic heterocycles. The van der Waals surface area contributed by atoms with Gasteiger partial charge in [0.05, 0.1) is 62.2 Å². The Labute approximate surface area is 525 Å². The molecule has 0 fully saturated rings. The van der Waals surface area contributed by atoms with Crippen LogP contribution >= 0.6 is 30.5 Å². The van der Waals surface area contributed by atoms with E-state index in [0.717, 1.165) is 38.7 Å². The summed E-state index contributed by atoms with van der Waals surface area (Å²) in [6.45, 7) is 3.85. The molecule has 2 aliphatic rings. The minimum Gasteiger partial charge on any atom is -0.493 e. The van der Waals surface area contributed by atoms with Crippen LogP contribution in [-0.4, -0.2) is 71.4 Å². The number of benzene rings is 6. The van der Waals surface area contributed by atoms with Gasteiger partial charge in [-0.1, -0.05) is 102 Å². The lowest BCUT2D eigenvalue weighted by atomic mass is 9.75. The number of esters is 3. The second kappa shape index (κ2) is 26.5. The van der Waals surface area contributed by atoms with E-state index in [9.17, 15) is 14.7 Å². The van der Waals surface area contributed by atoms with E-state index < -0.39 is 30.8 Å². The van der Waals surface area contributed by atoms with E-state index in [1.807, 2.05) is 91.0 Å². The smallest absolute Gasteiger partial charge is 0.340 e. The zero-order valence-corrected chi connectivity index (χ0v) is 51.0. The molecule has 0 atom stereocenters. The Morgan fingerprint density at radius 1 is 0.528 bits per heavy atom. The van der Waals surface area contributed by atoms with Crippen LogP contribution in [0.25, 0.3) is 0 Å². The number of pyridine rings is 4. The highest BCUT2D eigenvalue weighted by molar-refractivity contribution is 7.95. The molecule has 0 saturated heterocycles. The third-order valence-corrected chi connectivity index (χ3v) is 20.6. The average molecular weight is 1240 g/mol. The van der Waals surface area contributed by atoms with Crippen molar-refractivity contribution in [3.05, 3.63) is 291 Å². The van der Waals surface area contributed by atoms with Crippen LogP contribution < -0.4 is 30.1 Å². The monoisotopic (exact) mass is 1240 g/mol. The molecule has 444 valence electrons. The largest absolute Gasteiger partial charge is 0.493 e. The van der Waals surface area contributed by atoms with Crippen molar-refractivity contribution in [2.45, 2.75) is 58.7 Å². The molecule has 12 rings (SSSR count). The summed E-state index contributed by atoms with van der Waals surface area (Å²) in [6.07, 6.45) is 7.40. The van der Waals surface area contributed by atoms with E-state index in [1.165, 1.54) is 13.8 Å². The summed E-state index contributed by atoms with van der Waals surface area (Å²) in [6, 6.07) is 61.9. The summed E-state index contributed by atoms with van der Waals surface area (Å²) >= 11 is 14.9. The summed E-state index contributed by atoms with van der Waals surface area (Å²) in [5, 5.41) is 15.9. The van der Waals surface area contributed by atoms with Crippen molar-refractivity contribution in [2.75, 3.05) is 12.7 Å². The molecular formula is C71H59Cl2N7O8P+. The highest BCUT2D eigenvalue weighted by atomic mass is 35.5. The number of halogens is 2. The van der Waals surface area contributed by atoms with Crippen LogP contribution in [0.2, 0.25) is 10.0 Å². The molecule has 0 bridgehead atoms. The molecule has 0 unspecified atom stereocenters. The van der Waals surface area contributed by atoms with E-state index in [-0.39, 0.29) is 113 Å². The molecule has 18 heteroatoms. The lowest BCUT2D eigenvalue weighted by Gasteiger charge is -2.40. The Hall–Kier alpha value is -9.47. The zero-order valence-electron chi connectivity index (χ0n) is 48.6. The average Bonchev–Trinajstić information content (AvgIpc) is 1.68. The van der Waals surface area contributed by atoms with Gasteiger partial charge in [-0.05, 0) is 115 Å². The third kappa shape index (κ3) is 12.5. The standard InChI is InChI=1S/C71H58Cl2N7O8P/c1-47(81)85-67-58(45-79(41-50-20-12-16-32-74-50)42-51-21-13-17-33-75-51)65-61(39-63(67)72)71(62-40-64(73)68(86-48(2)82)59(66(62)87-65)46-80(43-52-22-14-18-34-76-52)44-53-23-15-19-35-77-53)60-38-49(30-31-57(60)70(84)88-71)69(83)78-36-37-89(54-24-6-3-7-25-54,55-26-8-4-9-27-55)56-28-10-5-11-29-56/h3-35,38-40H,36-37,41-46H2,1-2H3/p+1. The number of nitrogens with zero attached hydrogens (tertiary/aromatic N) is 7. The van der Waals surface area contributed by atoms with Gasteiger partial charge < -0.3 is 24.1 Å². The fourth-order valence-electron chi connectivity index (χ4n) is 11.9. The molecule has 0 aliphatic carbocycles. The fourth-order valence-corrected chi connectivity index (χ4v) is 16.5. The first kappa shape index (κ1) is 59.8. The predicted octanol–water partition coefficient (Wildman–Crippen LogP) is 12.7. The Morgan fingerprint density at radius 2 is 0.921 bits per heavy atom. The van der Waals surface area contributed by atoms with E-state index >= 15 is 4.79 Å². The van der Waals surface area contributed by atoms with E-state index in [4.69, 9.17) is 47.1 Å². The lowest BCUT2D eigenvalue weighted by Crippen LogP contribution is -2.35. The number of fused-ring (bicyclic) bond motifs is 6. The molecule has 6 heterocycles. The van der Waals surface area contributed by atoms with Gasteiger partial charge in [0.15, 0.2) is 17.1 Å². The number of aliphatic hydroxyl groups is 1. The van der Waals surface area contributed by atoms with Crippen LogP contribution in [0.5, 0.6) is 23.0 Å². The van der Waals surface area contributed by atoms with E-state index in [2.05, 4.69) is 103 Å². The van der Waals surface area contributed by atoms with Crippen molar-refractivity contribution in [2.24, 2.45) is 4.99 Å². The number of carbonyl (C=O) groups excluding carboxylic acids is 3. The molecule has 0 saturated carbocycles. The summed E-state index contributed by atoms with van der Waals surface area (Å²) in [7, 11) is -2.37. The SMILES string of the molecule is CC(=O)Oc1c(Cl)cc2c(c1CN(Cc1ccccn1)Cc1ccccn1)Oc1c(cc(Cl)c(OC(C)=O)c1CN(Cc1ccccn1)Cc1ccccn1)C21OC(=O)c2ccc(C(O)=NCC[P+](c3ccccc3)(c3ccccc3)c3ccccc3)cc21. The Balaban J connectivity index is 1.07. The molecule has 0 radical (unpaired) electrons. The first-order valence-corrected chi connectivity index (χ1v) is 31.6. The third-order valence-electron chi connectivity index (χ3n) is 15.6. The maximum Gasteiger partial charge on any atom is 0.340 e. The van der Waals surface area contributed by atoms with Crippen molar-refractivity contribution < 1.29 is 38.4 Å². The molecule has 1 spiro atoms. The van der Waals surface area contributed by atoms with Crippen LogP contribution in [0.15, 0.2) is 224 Å². The summed E-state index contributed by atoms with van der Waals surface area (Å²) < 4.78 is 26.6. The Kier molecular flexibility index (Phi) is 17.8. The van der Waals surface area contributed by atoms with Crippen LogP contribution in [0.3, 0.4) is 0 Å². The van der Waals surface area contributed by atoms with Crippen molar-refractivity contribution in [3.8, 4) is 23.0 Å². The maximum absolute atomic E-state index is 15.1. The first-order chi connectivity index (χ1) is 43.4. The molecule has 15 nitrogen and oxygen atoms in total. The maximum atomic E-state index is 15.1. The lowest BCUT2D eigenvalue weighted by molar-refractivity contribution is -0.132. The van der Waals surface area contributed by atoms with Crippen molar-refractivity contribution in [1.82, 2.24) is 29.7 Å². The summed E-state index contributed by atoms with van der Waals surface area (Å²) in [5.74, 6) is -2.16. The minimum absolute atomic E-state index is 0.0112. The summed E-state index contributed by atoms with van der Waals surface area (Å²) in [4.78, 5) is 69.6. The van der Waals surface area contributed by atoms with Gasteiger partial charge in [-0.3, -0.25) is 39.3 Å². The second-order valence-electron chi connectivity index (χ2n) is 21.5. The van der Waals surface area contributed by atoms with Crippen LogP contribution in [0.1, 0.15) is 80.4 Å². The van der Waals surface area contributed by atoms with Gasteiger partial charge in [0.25, 0.3) is 0 Å². The number of rotatable bonds is 21. The number of aliphatic imine (C=N–C) groups is 1. The van der Waals surface area contributed by atoms with Crippen molar-refractivity contribution in [3.63, 3.8) is 0 Å². The molecule has 10 aromatic rings. The van der Waals surface area contributed by atoms with Crippen LogP contribution in [0.4, 0.5) is 0 Å². The second-order valence-corrected chi connectivity index (χ2v) is 26.0. The van der Waals surface area contributed by atoms with Gasteiger partial charge in [0.2, 0.25) is 5.90 Å². The number of aliphatic hydroxyl groups excluding tert-OH is 1. The number of hydrogen-bond acceptors (Lipinski definition) is 14. The quantitative estimate of drug-likeness (QED) is 0.0236. The van der Waals surface area contributed by atoms with E-state index in [0.29, 0.717) is 17.3 Å². The predicted molar refractivity (Wildman–Crippen MR) is 344 cm³/mol. The van der Waals surface area contributed by atoms with E-state index in [1.54, 1.807) is 55.1 Å². The van der Waals surface area contributed by atoms with Gasteiger partial charge in [-0.15, -0.1) is 0 Å². The zero-order chi connectivity index (χ0) is 61.5. The topological polar surface area (TPSA) is 179 Å². The number of ether oxygens (including phenoxy) is 4. The van der Waals surface area contributed by atoms with Gasteiger partial charge in [0, 0.05) is 100 Å². The van der Waals surface area contributed by atoms with Gasteiger partial charge in [-0.25, -0.2) is 9.79 Å². The highest BCUT2D eigenvalue weighted by Crippen LogP contribution is 2.62. The minimum atomic E-state index is -2.37. The molecular weight excluding hydrogens is 1180 g/mol. The molecule has 2 aliphatic heterocycles. The Bertz CT molecular complexity index is 3900. The number of aromatic nitrogens is 4. The Morgan fingerprint density at radius 3 is 1.29 bits per heavy atom. The summed E-state index contributed by atoms with van der Waals surface area (Å²) in [5.41, 5.74) is 2.68. The van der Waals surface area contributed by atoms with Gasteiger partial charge in [-0.2, -0.15) is 0 Å². The molecule has 6 aromatic carbocycles. The highest BCUT2D eigenvalue weighted by Gasteiger charge is 2.56. The fraction of sp³-hybridized carbons (Fsp3) is 0.155. The molecule has 1 N–H and O–H groups in total. The van der Waals surface area contributed by atoms with Gasteiger partial charge >= 0.3 is 17.9 Å². The number of carbonyl (C=O) groups is 3. The number of hydrogen-bond donors (Lipinski definition) is 1. The first-order valence-electron chi connectivity index (χ1n) is 28.8. The molecule has 89 heavy (non-hydrogen) atoms. The normalized spacial score (nSPS) is 13.1. The van der Waals surface area contributed by atoms with Crippen molar-refractivity contribution in [1.29, 1.82) is 0 Å².